The molecule has 2 unspecified atom stereocenters. The van der Waals surface area contributed by atoms with E-state index in [0.29, 0.717) is 17.4 Å². The highest BCUT2D eigenvalue weighted by atomic mass is 32.2. The third-order valence-electron chi connectivity index (χ3n) is 3.66. The number of sulfonamides is 1. The number of rotatable bonds is 7. The van der Waals surface area contributed by atoms with Crippen LogP contribution in [0.15, 0.2) is 23.1 Å². The molecule has 0 aliphatic rings. The third-order valence-corrected chi connectivity index (χ3v) is 5.25. The lowest BCUT2D eigenvalue weighted by Gasteiger charge is -2.18. The van der Waals surface area contributed by atoms with Crippen LogP contribution < -0.4 is 10.5 Å². The Balaban J connectivity index is 2.88. The van der Waals surface area contributed by atoms with E-state index in [-0.39, 0.29) is 6.04 Å². The van der Waals surface area contributed by atoms with Gasteiger partial charge in [0.25, 0.3) is 0 Å². The Morgan fingerprint density at radius 3 is 2.50 bits per heavy atom. The SMILES string of the molecule is CCC(C)CC(C)NS(=O)(=O)c1ccc(C)c(CN)c1. The summed E-state index contributed by atoms with van der Waals surface area (Å²) in [6, 6.07) is 5.02. The van der Waals surface area contributed by atoms with Gasteiger partial charge >= 0.3 is 0 Å². The second kappa shape index (κ2) is 7.20. The van der Waals surface area contributed by atoms with Crippen LogP contribution >= 0.6 is 0 Å². The van der Waals surface area contributed by atoms with Crippen molar-refractivity contribution in [3.63, 3.8) is 0 Å². The van der Waals surface area contributed by atoms with Gasteiger partial charge in [0, 0.05) is 12.6 Å². The Bertz CT molecular complexity index is 541. The smallest absolute Gasteiger partial charge is 0.240 e. The van der Waals surface area contributed by atoms with E-state index in [1.54, 1.807) is 18.2 Å². The van der Waals surface area contributed by atoms with Crippen LogP contribution in [0.4, 0.5) is 0 Å². The Morgan fingerprint density at radius 2 is 1.95 bits per heavy atom. The van der Waals surface area contributed by atoms with Gasteiger partial charge in [0.15, 0.2) is 0 Å². The highest BCUT2D eigenvalue weighted by Gasteiger charge is 2.19. The molecule has 1 aromatic carbocycles. The largest absolute Gasteiger partial charge is 0.326 e. The fourth-order valence-corrected chi connectivity index (χ4v) is 3.49. The van der Waals surface area contributed by atoms with Crippen LogP contribution in [-0.4, -0.2) is 14.5 Å². The van der Waals surface area contributed by atoms with E-state index in [2.05, 4.69) is 18.6 Å². The summed E-state index contributed by atoms with van der Waals surface area (Å²) in [5.74, 6) is 0.505. The molecule has 0 saturated carbocycles. The second-order valence-corrected chi connectivity index (χ2v) is 7.28. The average Bonchev–Trinajstić information content (AvgIpc) is 2.37. The summed E-state index contributed by atoms with van der Waals surface area (Å²) >= 11 is 0. The zero-order valence-electron chi connectivity index (χ0n) is 12.8. The van der Waals surface area contributed by atoms with Gasteiger partial charge in [-0.2, -0.15) is 0 Å². The standard InChI is InChI=1S/C15H26N2O2S/c1-5-11(2)8-13(4)17-20(18,19)15-7-6-12(3)14(9-15)10-16/h6-7,9,11,13,17H,5,8,10,16H2,1-4H3. The number of hydrogen-bond donors (Lipinski definition) is 2. The van der Waals surface area contributed by atoms with Gasteiger partial charge in [-0.1, -0.05) is 26.3 Å². The van der Waals surface area contributed by atoms with Gasteiger partial charge < -0.3 is 5.73 Å². The van der Waals surface area contributed by atoms with Gasteiger partial charge in [-0.05, 0) is 49.4 Å². The van der Waals surface area contributed by atoms with E-state index in [9.17, 15) is 8.42 Å². The molecule has 0 aromatic heterocycles. The maximum Gasteiger partial charge on any atom is 0.240 e. The van der Waals surface area contributed by atoms with Gasteiger partial charge in [0.2, 0.25) is 10.0 Å². The Labute approximate surface area is 122 Å². The lowest BCUT2D eigenvalue weighted by molar-refractivity contribution is 0.445. The van der Waals surface area contributed by atoms with Crippen LogP contribution in [0, 0.1) is 12.8 Å². The number of hydrogen-bond acceptors (Lipinski definition) is 3. The molecule has 0 bridgehead atoms. The summed E-state index contributed by atoms with van der Waals surface area (Å²) in [7, 11) is -3.47. The quantitative estimate of drug-likeness (QED) is 0.812. The molecule has 1 rings (SSSR count). The van der Waals surface area contributed by atoms with E-state index >= 15 is 0 Å². The molecule has 0 spiro atoms. The fourth-order valence-electron chi connectivity index (χ4n) is 2.19. The number of nitrogens with two attached hydrogens (primary N) is 1. The first kappa shape index (κ1) is 17.1. The van der Waals surface area contributed by atoms with Gasteiger partial charge in [-0.25, -0.2) is 13.1 Å². The van der Waals surface area contributed by atoms with Crippen molar-refractivity contribution in [1.29, 1.82) is 0 Å². The van der Waals surface area contributed by atoms with E-state index in [4.69, 9.17) is 5.73 Å². The summed E-state index contributed by atoms with van der Waals surface area (Å²) in [6.45, 7) is 8.42. The van der Waals surface area contributed by atoms with E-state index in [1.807, 2.05) is 13.8 Å². The topological polar surface area (TPSA) is 72.2 Å². The lowest BCUT2D eigenvalue weighted by atomic mass is 10.0. The summed E-state index contributed by atoms with van der Waals surface area (Å²) in [6.07, 6.45) is 1.89. The molecule has 20 heavy (non-hydrogen) atoms. The third kappa shape index (κ3) is 4.58. The zero-order chi connectivity index (χ0) is 15.3. The molecular formula is C15H26N2O2S. The summed E-state index contributed by atoms with van der Waals surface area (Å²) < 4.78 is 27.4. The minimum atomic E-state index is -3.47. The molecule has 0 aliphatic heterocycles. The zero-order valence-corrected chi connectivity index (χ0v) is 13.6. The Kier molecular flexibility index (Phi) is 6.17. The number of benzene rings is 1. The van der Waals surface area contributed by atoms with E-state index in [1.165, 1.54) is 0 Å². The first-order valence-electron chi connectivity index (χ1n) is 7.12. The predicted molar refractivity (Wildman–Crippen MR) is 82.9 cm³/mol. The second-order valence-electron chi connectivity index (χ2n) is 5.56. The summed E-state index contributed by atoms with van der Waals surface area (Å²) in [4.78, 5) is 0.291. The first-order chi connectivity index (χ1) is 9.30. The van der Waals surface area contributed by atoms with Crippen molar-refractivity contribution in [2.45, 2.75) is 58.0 Å². The average molecular weight is 298 g/mol. The minimum absolute atomic E-state index is 0.0717. The molecule has 0 radical (unpaired) electrons. The Hall–Kier alpha value is -0.910. The molecular weight excluding hydrogens is 272 g/mol. The van der Waals surface area contributed by atoms with Crippen molar-refractivity contribution in [2.75, 3.05) is 0 Å². The van der Waals surface area contributed by atoms with Crippen molar-refractivity contribution in [1.82, 2.24) is 4.72 Å². The molecule has 1 aromatic rings. The monoisotopic (exact) mass is 298 g/mol. The summed E-state index contributed by atoms with van der Waals surface area (Å²) in [5, 5.41) is 0. The van der Waals surface area contributed by atoms with Gasteiger partial charge in [0.05, 0.1) is 4.90 Å². The van der Waals surface area contributed by atoms with Crippen LogP contribution in [0.25, 0.3) is 0 Å². The van der Waals surface area contributed by atoms with Crippen molar-refractivity contribution in [2.24, 2.45) is 11.7 Å². The molecule has 4 nitrogen and oxygen atoms in total. The molecule has 114 valence electrons. The molecule has 0 heterocycles. The van der Waals surface area contributed by atoms with E-state index < -0.39 is 10.0 Å². The molecule has 2 atom stereocenters. The lowest BCUT2D eigenvalue weighted by Crippen LogP contribution is -2.33. The maximum absolute atomic E-state index is 12.3. The number of nitrogens with one attached hydrogen (secondary N) is 1. The highest BCUT2D eigenvalue weighted by Crippen LogP contribution is 2.17. The van der Waals surface area contributed by atoms with E-state index in [0.717, 1.165) is 24.0 Å². The van der Waals surface area contributed by atoms with Crippen LogP contribution in [0.5, 0.6) is 0 Å². The van der Waals surface area contributed by atoms with Crippen molar-refractivity contribution in [3.05, 3.63) is 29.3 Å². The molecule has 0 fully saturated rings. The Morgan fingerprint density at radius 1 is 1.30 bits per heavy atom. The van der Waals surface area contributed by atoms with Crippen LogP contribution in [-0.2, 0) is 16.6 Å². The highest BCUT2D eigenvalue weighted by molar-refractivity contribution is 7.89. The van der Waals surface area contributed by atoms with Gasteiger partial charge in [-0.3, -0.25) is 0 Å². The van der Waals surface area contributed by atoms with Crippen molar-refractivity contribution in [3.8, 4) is 0 Å². The molecule has 0 saturated heterocycles. The molecule has 0 aliphatic carbocycles. The van der Waals surface area contributed by atoms with Crippen molar-refractivity contribution < 1.29 is 8.42 Å². The maximum atomic E-state index is 12.3. The fraction of sp³-hybridized carbons (Fsp3) is 0.600. The van der Waals surface area contributed by atoms with Crippen molar-refractivity contribution >= 4 is 10.0 Å². The van der Waals surface area contributed by atoms with Crippen LogP contribution in [0.2, 0.25) is 0 Å². The molecule has 5 heteroatoms. The normalized spacial score (nSPS) is 15.1. The van der Waals surface area contributed by atoms with Gasteiger partial charge in [0.1, 0.15) is 0 Å². The van der Waals surface area contributed by atoms with Gasteiger partial charge in [-0.15, -0.1) is 0 Å². The van der Waals surface area contributed by atoms with Crippen LogP contribution in [0.1, 0.15) is 44.7 Å². The summed E-state index contributed by atoms with van der Waals surface area (Å²) in [5.41, 5.74) is 7.51. The molecule has 3 N–H and O–H groups in total. The van der Waals surface area contributed by atoms with Crippen LogP contribution in [0.3, 0.4) is 0 Å². The predicted octanol–water partition coefficient (Wildman–Crippen LogP) is 2.56. The number of aryl methyl sites for hydroxylation is 1. The molecule has 0 amide bonds. The minimum Gasteiger partial charge on any atom is -0.326 e. The first-order valence-corrected chi connectivity index (χ1v) is 8.60.